The van der Waals surface area contributed by atoms with E-state index in [0.717, 1.165) is 0 Å². The third kappa shape index (κ3) is 1.71. The smallest absolute Gasteiger partial charge is 0.233 e. The number of aliphatic imine (C=N–C) groups is 1. The van der Waals surface area contributed by atoms with Crippen LogP contribution in [0.25, 0.3) is 0 Å². The van der Waals surface area contributed by atoms with Gasteiger partial charge in [-0.15, -0.1) is 5.11 Å². The molecule has 64 valence electrons. The van der Waals surface area contributed by atoms with E-state index in [2.05, 4.69) is 20.2 Å². The van der Waals surface area contributed by atoms with Gasteiger partial charge in [0.25, 0.3) is 0 Å². The maximum absolute atomic E-state index is 6.67. The Labute approximate surface area is 69.9 Å². The summed E-state index contributed by atoms with van der Waals surface area (Å²) in [6.07, 6.45) is 0. The van der Waals surface area contributed by atoms with Crippen LogP contribution in [0.1, 0.15) is 12.7 Å². The molecule has 0 aliphatic rings. The van der Waals surface area contributed by atoms with Gasteiger partial charge in [0.05, 0.1) is 0 Å². The molecule has 0 atom stereocenters. The zero-order chi connectivity index (χ0) is 9.14. The van der Waals surface area contributed by atoms with Crippen molar-refractivity contribution in [1.82, 2.24) is 14.8 Å². The van der Waals surface area contributed by atoms with Crippen LogP contribution >= 0.6 is 0 Å². The molecule has 12 heavy (non-hydrogen) atoms. The molecule has 0 bridgehead atoms. The average Bonchev–Trinajstić information content (AvgIpc) is 2.30. The maximum atomic E-state index is 6.67. The molecule has 1 heterocycles. The first-order valence-corrected chi connectivity index (χ1v) is 3.44. The van der Waals surface area contributed by atoms with Crippen LogP contribution in [-0.2, 0) is 7.05 Å². The van der Waals surface area contributed by atoms with Gasteiger partial charge < -0.3 is 0 Å². The molecule has 6 heteroatoms. The van der Waals surface area contributed by atoms with Crippen LogP contribution < -0.4 is 0 Å². The molecule has 0 radical (unpaired) electrons. The third-order valence-electron chi connectivity index (χ3n) is 1.27. The molecule has 0 fully saturated rings. The molecular weight excluding hydrogens is 156 g/mol. The van der Waals surface area contributed by atoms with Crippen LogP contribution in [0, 0.1) is 12.5 Å². The molecule has 1 N–H and O–H groups in total. The van der Waals surface area contributed by atoms with Crippen molar-refractivity contribution in [2.45, 2.75) is 13.8 Å². The van der Waals surface area contributed by atoms with Gasteiger partial charge in [-0.2, -0.15) is 15.1 Å². The van der Waals surface area contributed by atoms with Gasteiger partial charge >= 0.3 is 0 Å². The summed E-state index contributed by atoms with van der Waals surface area (Å²) in [7, 11) is 1.75. The number of hydrogen-bond donors (Lipinski definition) is 1. The third-order valence-corrected chi connectivity index (χ3v) is 1.27. The van der Waals surface area contributed by atoms with E-state index in [1.54, 1.807) is 25.6 Å². The van der Waals surface area contributed by atoms with Crippen LogP contribution in [0.2, 0.25) is 0 Å². The van der Waals surface area contributed by atoms with Crippen LogP contribution in [0.3, 0.4) is 0 Å². The largest absolute Gasteiger partial charge is 0.249 e. The first-order valence-electron chi connectivity index (χ1n) is 3.44. The summed E-state index contributed by atoms with van der Waals surface area (Å²) in [5, 5.41) is 7.15. The van der Waals surface area contributed by atoms with Gasteiger partial charge in [-0.25, -0.2) is 10.2 Å². The Morgan fingerprint density at radius 3 is 2.67 bits per heavy atom. The van der Waals surface area contributed by atoms with Crippen molar-refractivity contribution in [3.63, 3.8) is 0 Å². The minimum absolute atomic E-state index is 0.366. The Morgan fingerprint density at radius 1 is 1.58 bits per heavy atom. The van der Waals surface area contributed by atoms with E-state index in [0.29, 0.717) is 17.6 Å². The van der Waals surface area contributed by atoms with Crippen molar-refractivity contribution in [3.05, 3.63) is 5.82 Å². The van der Waals surface area contributed by atoms with Crippen molar-refractivity contribution in [2.75, 3.05) is 0 Å². The molecule has 0 saturated heterocycles. The second kappa shape index (κ2) is 3.21. The number of nitrogens with one attached hydrogen (secondary N) is 1. The summed E-state index contributed by atoms with van der Waals surface area (Å²) in [6, 6.07) is 0. The number of aromatic nitrogens is 3. The first-order chi connectivity index (χ1) is 5.63. The molecule has 0 saturated carbocycles. The summed E-state index contributed by atoms with van der Waals surface area (Å²) in [5.74, 6) is 1.50. The normalized spacial score (nSPS) is 11.8. The molecule has 1 aromatic rings. The maximum Gasteiger partial charge on any atom is 0.249 e. The van der Waals surface area contributed by atoms with Crippen molar-refractivity contribution in [1.29, 1.82) is 5.53 Å². The Morgan fingerprint density at radius 2 is 2.25 bits per heavy atom. The summed E-state index contributed by atoms with van der Waals surface area (Å²) in [5.41, 5.74) is 6.67. The molecule has 6 nitrogen and oxygen atoms in total. The lowest BCUT2D eigenvalue weighted by Crippen LogP contribution is -1.91. The molecule has 0 aliphatic carbocycles. The van der Waals surface area contributed by atoms with Gasteiger partial charge in [-0.05, 0) is 13.8 Å². The highest BCUT2D eigenvalue weighted by molar-refractivity contribution is 5.81. The van der Waals surface area contributed by atoms with Crippen LogP contribution in [0.4, 0.5) is 5.95 Å². The minimum Gasteiger partial charge on any atom is -0.233 e. The summed E-state index contributed by atoms with van der Waals surface area (Å²) in [4.78, 5) is 7.97. The summed E-state index contributed by atoms with van der Waals surface area (Å²) >= 11 is 0. The van der Waals surface area contributed by atoms with Gasteiger partial charge in [-0.3, -0.25) is 0 Å². The molecule has 0 spiro atoms. The van der Waals surface area contributed by atoms with E-state index in [1.807, 2.05) is 0 Å². The summed E-state index contributed by atoms with van der Waals surface area (Å²) < 4.78 is 1.55. The molecular formula is C6H10N6. The Kier molecular flexibility index (Phi) is 2.27. The highest BCUT2D eigenvalue weighted by Gasteiger charge is 2.01. The average molecular weight is 166 g/mol. The minimum atomic E-state index is 0.366. The van der Waals surface area contributed by atoms with Crippen LogP contribution in [0.15, 0.2) is 10.1 Å². The second-order valence-corrected chi connectivity index (χ2v) is 2.35. The van der Waals surface area contributed by atoms with E-state index in [9.17, 15) is 0 Å². The summed E-state index contributed by atoms with van der Waals surface area (Å²) in [6.45, 7) is 3.42. The molecule has 1 aromatic heterocycles. The van der Waals surface area contributed by atoms with E-state index < -0.39 is 0 Å². The van der Waals surface area contributed by atoms with Crippen molar-refractivity contribution in [2.24, 2.45) is 17.2 Å². The number of nitrogens with zero attached hydrogens (tertiary/aromatic N) is 5. The molecule has 0 aliphatic heterocycles. The fourth-order valence-electron chi connectivity index (χ4n) is 0.768. The van der Waals surface area contributed by atoms with Gasteiger partial charge in [0, 0.05) is 7.05 Å². The Bertz CT molecular complexity index is 323. The van der Waals surface area contributed by atoms with Gasteiger partial charge in [-0.1, -0.05) is 0 Å². The van der Waals surface area contributed by atoms with Crippen LogP contribution in [0.5, 0.6) is 0 Å². The fourth-order valence-corrected chi connectivity index (χ4v) is 0.768. The standard InChI is InChI=1S/C6H10N6/c1-4(10-7)8-6-9-5(2)11-12(6)3/h7H,1-3H3. The Hall–Kier alpha value is -1.59. The zero-order valence-electron chi connectivity index (χ0n) is 7.24. The van der Waals surface area contributed by atoms with Crippen molar-refractivity contribution in [3.8, 4) is 0 Å². The van der Waals surface area contributed by atoms with Crippen molar-refractivity contribution < 1.29 is 0 Å². The SMILES string of the molecule is CC(N=N)=Nc1nc(C)nn1C. The molecule has 0 unspecified atom stereocenters. The van der Waals surface area contributed by atoms with E-state index in [-0.39, 0.29) is 0 Å². The van der Waals surface area contributed by atoms with Gasteiger partial charge in [0.15, 0.2) is 5.84 Å². The zero-order valence-corrected chi connectivity index (χ0v) is 7.24. The highest BCUT2D eigenvalue weighted by atomic mass is 15.4. The van der Waals surface area contributed by atoms with E-state index in [1.165, 1.54) is 0 Å². The second-order valence-electron chi connectivity index (χ2n) is 2.35. The molecule has 1 rings (SSSR count). The number of aryl methyl sites for hydroxylation is 2. The van der Waals surface area contributed by atoms with Gasteiger partial charge in [0.1, 0.15) is 5.82 Å². The lowest BCUT2D eigenvalue weighted by atomic mass is 10.7. The lowest BCUT2D eigenvalue weighted by molar-refractivity contribution is 0.758. The lowest BCUT2D eigenvalue weighted by Gasteiger charge is -1.90. The molecule has 0 amide bonds. The quantitative estimate of drug-likeness (QED) is 0.386. The predicted molar refractivity (Wildman–Crippen MR) is 43.7 cm³/mol. The topological polar surface area (TPSA) is 79.3 Å². The first kappa shape index (κ1) is 8.51. The van der Waals surface area contributed by atoms with Gasteiger partial charge in [0.2, 0.25) is 5.95 Å². The fraction of sp³-hybridized carbons (Fsp3) is 0.500. The molecule has 0 aromatic carbocycles. The number of rotatable bonds is 1. The van der Waals surface area contributed by atoms with Crippen LogP contribution in [-0.4, -0.2) is 20.6 Å². The predicted octanol–water partition coefficient (Wildman–Crippen LogP) is 1.20. The van der Waals surface area contributed by atoms with E-state index >= 15 is 0 Å². The monoisotopic (exact) mass is 166 g/mol. The highest BCUT2D eigenvalue weighted by Crippen LogP contribution is 2.06. The number of amidine groups is 1. The van der Waals surface area contributed by atoms with Crippen molar-refractivity contribution >= 4 is 11.8 Å². The Balaban J connectivity index is 3.03. The van der Waals surface area contributed by atoms with E-state index in [4.69, 9.17) is 5.53 Å². The number of hydrogen-bond acceptors (Lipinski definition) is 4.